The summed E-state index contributed by atoms with van der Waals surface area (Å²) in [5.41, 5.74) is 2.69. The normalized spacial score (nSPS) is 10.7. The number of Topliss-reactive ketones (excluding diaryl/α,β-unsaturated/α-hetero) is 1. The Kier molecular flexibility index (Phi) is 2.08. The van der Waals surface area contributed by atoms with Crippen LogP contribution in [0.15, 0.2) is 18.2 Å². The van der Waals surface area contributed by atoms with Crippen molar-refractivity contribution in [3.8, 4) is 0 Å². The number of carbonyl (C=O) groups excluding carboxylic acids is 1. The fourth-order valence-corrected chi connectivity index (χ4v) is 1.52. The molecule has 0 amide bonds. The van der Waals surface area contributed by atoms with E-state index in [0.29, 0.717) is 6.42 Å². The number of aromatic amines is 1. The molecule has 0 radical (unpaired) electrons. The number of rotatable bonds is 2. The molecule has 72 valence electrons. The maximum Gasteiger partial charge on any atom is 0.162 e. The third kappa shape index (κ3) is 1.31. The summed E-state index contributed by atoms with van der Waals surface area (Å²) < 4.78 is 0. The third-order valence-corrected chi connectivity index (χ3v) is 2.40. The SMILES string of the molecule is CCC(=O)c1ccc2[nH]nc(C)c2c1. The Hall–Kier alpha value is -1.64. The second kappa shape index (κ2) is 3.25. The van der Waals surface area contributed by atoms with Gasteiger partial charge in [-0.2, -0.15) is 5.10 Å². The topological polar surface area (TPSA) is 45.8 Å². The van der Waals surface area contributed by atoms with Crippen molar-refractivity contribution in [3.63, 3.8) is 0 Å². The fraction of sp³-hybridized carbons (Fsp3) is 0.273. The van der Waals surface area contributed by atoms with Gasteiger partial charge in [-0.25, -0.2) is 0 Å². The first-order valence-corrected chi connectivity index (χ1v) is 4.70. The molecule has 2 aromatic rings. The lowest BCUT2D eigenvalue weighted by Gasteiger charge is -1.97. The first-order chi connectivity index (χ1) is 6.72. The van der Waals surface area contributed by atoms with E-state index in [9.17, 15) is 4.79 Å². The lowest BCUT2D eigenvalue weighted by Crippen LogP contribution is -1.95. The first-order valence-electron chi connectivity index (χ1n) is 4.70. The van der Waals surface area contributed by atoms with Gasteiger partial charge in [-0.05, 0) is 25.1 Å². The van der Waals surface area contributed by atoms with E-state index in [2.05, 4.69) is 10.2 Å². The second-order valence-electron chi connectivity index (χ2n) is 3.35. The van der Waals surface area contributed by atoms with Crippen molar-refractivity contribution >= 4 is 16.7 Å². The smallest absolute Gasteiger partial charge is 0.162 e. The quantitative estimate of drug-likeness (QED) is 0.736. The molecular weight excluding hydrogens is 176 g/mol. The van der Waals surface area contributed by atoms with Gasteiger partial charge >= 0.3 is 0 Å². The summed E-state index contributed by atoms with van der Waals surface area (Å²) >= 11 is 0. The summed E-state index contributed by atoms with van der Waals surface area (Å²) in [5, 5.41) is 8.03. The molecule has 0 unspecified atom stereocenters. The van der Waals surface area contributed by atoms with Gasteiger partial charge in [0.05, 0.1) is 11.2 Å². The van der Waals surface area contributed by atoms with Crippen LogP contribution in [0.5, 0.6) is 0 Å². The van der Waals surface area contributed by atoms with Gasteiger partial charge in [0.2, 0.25) is 0 Å². The minimum Gasteiger partial charge on any atom is -0.294 e. The minimum atomic E-state index is 0.174. The highest BCUT2D eigenvalue weighted by Crippen LogP contribution is 2.17. The van der Waals surface area contributed by atoms with Gasteiger partial charge < -0.3 is 0 Å². The number of aromatic nitrogens is 2. The Morgan fingerprint density at radius 3 is 3.00 bits per heavy atom. The molecule has 0 aliphatic carbocycles. The molecule has 0 saturated heterocycles. The van der Waals surface area contributed by atoms with E-state index in [-0.39, 0.29) is 5.78 Å². The molecule has 3 heteroatoms. The largest absolute Gasteiger partial charge is 0.294 e. The number of hydrogen-bond donors (Lipinski definition) is 1. The van der Waals surface area contributed by atoms with Crippen molar-refractivity contribution in [1.29, 1.82) is 0 Å². The lowest BCUT2D eigenvalue weighted by atomic mass is 10.1. The van der Waals surface area contributed by atoms with Gasteiger partial charge in [-0.3, -0.25) is 9.89 Å². The summed E-state index contributed by atoms with van der Waals surface area (Å²) in [7, 11) is 0. The van der Waals surface area contributed by atoms with E-state index in [4.69, 9.17) is 0 Å². The van der Waals surface area contributed by atoms with Crippen LogP contribution in [-0.4, -0.2) is 16.0 Å². The predicted molar refractivity (Wildman–Crippen MR) is 55.5 cm³/mol. The number of ketones is 1. The molecule has 1 aromatic carbocycles. The molecule has 3 nitrogen and oxygen atoms in total. The van der Waals surface area contributed by atoms with Crippen molar-refractivity contribution in [2.24, 2.45) is 0 Å². The Balaban J connectivity index is 2.60. The zero-order chi connectivity index (χ0) is 10.1. The van der Waals surface area contributed by atoms with E-state index >= 15 is 0 Å². The first kappa shape index (κ1) is 8.94. The molecule has 0 bridgehead atoms. The van der Waals surface area contributed by atoms with E-state index < -0.39 is 0 Å². The molecule has 0 fully saturated rings. The van der Waals surface area contributed by atoms with Gasteiger partial charge in [0.25, 0.3) is 0 Å². The van der Waals surface area contributed by atoms with Crippen LogP contribution in [0, 0.1) is 6.92 Å². The maximum atomic E-state index is 11.5. The van der Waals surface area contributed by atoms with Gasteiger partial charge in [0.1, 0.15) is 0 Å². The van der Waals surface area contributed by atoms with E-state index in [1.54, 1.807) is 0 Å². The van der Waals surface area contributed by atoms with Crippen LogP contribution in [0.2, 0.25) is 0 Å². The number of carbonyl (C=O) groups is 1. The number of H-pyrrole nitrogens is 1. The Bertz CT molecular complexity index is 485. The molecule has 14 heavy (non-hydrogen) atoms. The van der Waals surface area contributed by atoms with Gasteiger partial charge in [0, 0.05) is 17.4 Å². The standard InChI is InChI=1S/C11H12N2O/c1-3-11(14)8-4-5-10-9(6-8)7(2)12-13-10/h4-6H,3H2,1-2H3,(H,12,13). The Morgan fingerprint density at radius 1 is 1.50 bits per heavy atom. The number of nitrogens with one attached hydrogen (secondary N) is 1. The Labute approximate surface area is 82.1 Å². The summed E-state index contributed by atoms with van der Waals surface area (Å²) in [6, 6.07) is 5.64. The number of fused-ring (bicyclic) bond motifs is 1. The van der Waals surface area contributed by atoms with E-state index in [0.717, 1.165) is 22.2 Å². The summed E-state index contributed by atoms with van der Waals surface area (Å²) in [4.78, 5) is 11.5. The molecule has 0 saturated carbocycles. The molecule has 0 atom stereocenters. The second-order valence-corrected chi connectivity index (χ2v) is 3.35. The van der Waals surface area contributed by atoms with Crippen LogP contribution >= 0.6 is 0 Å². The van der Waals surface area contributed by atoms with Crippen molar-refractivity contribution in [1.82, 2.24) is 10.2 Å². The molecule has 1 heterocycles. The van der Waals surface area contributed by atoms with Crippen molar-refractivity contribution in [3.05, 3.63) is 29.5 Å². The molecule has 1 N–H and O–H groups in total. The third-order valence-electron chi connectivity index (χ3n) is 2.40. The molecular formula is C11H12N2O. The highest BCUT2D eigenvalue weighted by atomic mass is 16.1. The highest BCUT2D eigenvalue weighted by Gasteiger charge is 2.06. The van der Waals surface area contributed by atoms with Gasteiger partial charge in [-0.15, -0.1) is 0 Å². The van der Waals surface area contributed by atoms with Crippen molar-refractivity contribution in [2.75, 3.05) is 0 Å². The predicted octanol–water partition coefficient (Wildman–Crippen LogP) is 2.46. The van der Waals surface area contributed by atoms with Crippen LogP contribution < -0.4 is 0 Å². The van der Waals surface area contributed by atoms with Crippen LogP contribution in [0.3, 0.4) is 0 Å². The van der Waals surface area contributed by atoms with Crippen LogP contribution in [0.4, 0.5) is 0 Å². The molecule has 0 aliphatic rings. The maximum absolute atomic E-state index is 11.5. The zero-order valence-electron chi connectivity index (χ0n) is 8.29. The lowest BCUT2D eigenvalue weighted by molar-refractivity contribution is 0.0988. The number of benzene rings is 1. The van der Waals surface area contributed by atoms with Gasteiger partial charge in [-0.1, -0.05) is 6.92 Å². The van der Waals surface area contributed by atoms with Crippen molar-refractivity contribution in [2.45, 2.75) is 20.3 Å². The van der Waals surface area contributed by atoms with E-state index in [1.165, 1.54) is 0 Å². The van der Waals surface area contributed by atoms with Crippen LogP contribution in [0.1, 0.15) is 29.4 Å². The fourth-order valence-electron chi connectivity index (χ4n) is 1.52. The van der Waals surface area contributed by atoms with Crippen LogP contribution in [0.25, 0.3) is 10.9 Å². The minimum absolute atomic E-state index is 0.174. The zero-order valence-corrected chi connectivity index (χ0v) is 8.29. The summed E-state index contributed by atoms with van der Waals surface area (Å²) in [5.74, 6) is 0.174. The average Bonchev–Trinajstić information content (AvgIpc) is 2.59. The Morgan fingerprint density at radius 2 is 2.29 bits per heavy atom. The molecule has 0 spiro atoms. The monoisotopic (exact) mass is 188 g/mol. The summed E-state index contributed by atoms with van der Waals surface area (Å²) in [6.45, 7) is 3.80. The number of hydrogen-bond acceptors (Lipinski definition) is 2. The average molecular weight is 188 g/mol. The highest BCUT2D eigenvalue weighted by molar-refractivity contribution is 5.99. The summed E-state index contributed by atoms with van der Waals surface area (Å²) in [6.07, 6.45) is 0.544. The van der Waals surface area contributed by atoms with E-state index in [1.807, 2.05) is 32.0 Å². The number of aryl methyl sites for hydroxylation is 1. The van der Waals surface area contributed by atoms with Crippen molar-refractivity contribution < 1.29 is 4.79 Å². The molecule has 2 rings (SSSR count). The van der Waals surface area contributed by atoms with Gasteiger partial charge in [0.15, 0.2) is 5.78 Å². The molecule has 0 aliphatic heterocycles. The number of nitrogens with zero attached hydrogens (tertiary/aromatic N) is 1. The van der Waals surface area contributed by atoms with Crippen LogP contribution in [-0.2, 0) is 0 Å². The molecule has 1 aromatic heterocycles.